The second-order valence-electron chi connectivity index (χ2n) is 5.38. The van der Waals surface area contributed by atoms with Crippen LogP contribution in [0.2, 0.25) is 0 Å². The normalized spacial score (nSPS) is 11.0. The van der Waals surface area contributed by atoms with Gasteiger partial charge < -0.3 is 5.32 Å². The first kappa shape index (κ1) is 14.8. The number of imidazole rings is 1. The van der Waals surface area contributed by atoms with Crippen molar-refractivity contribution in [1.29, 1.82) is 0 Å². The van der Waals surface area contributed by atoms with Gasteiger partial charge in [0.15, 0.2) is 4.96 Å². The summed E-state index contributed by atoms with van der Waals surface area (Å²) in [5.74, 6) is 0.0766. The summed E-state index contributed by atoms with van der Waals surface area (Å²) in [6, 6.07) is 7.85. The van der Waals surface area contributed by atoms with Crippen molar-refractivity contribution in [2.24, 2.45) is 0 Å². The van der Waals surface area contributed by atoms with Crippen molar-refractivity contribution in [3.63, 3.8) is 0 Å². The van der Waals surface area contributed by atoms with Gasteiger partial charge in [-0.05, 0) is 25.5 Å². The lowest BCUT2D eigenvalue weighted by molar-refractivity contribution is -0.116. The van der Waals surface area contributed by atoms with Crippen LogP contribution >= 0.6 is 11.3 Å². The summed E-state index contributed by atoms with van der Waals surface area (Å²) < 4.78 is 2.10. The highest BCUT2D eigenvalue weighted by atomic mass is 32.1. The van der Waals surface area contributed by atoms with Crippen molar-refractivity contribution < 1.29 is 4.79 Å². The summed E-state index contributed by atoms with van der Waals surface area (Å²) in [5.41, 5.74) is 4.04. The van der Waals surface area contributed by atoms with E-state index in [1.54, 1.807) is 11.3 Å². The Morgan fingerprint density at radius 2 is 2.09 bits per heavy atom. The molecule has 3 aromatic rings. The molecule has 0 aliphatic carbocycles. The monoisotopic (exact) mass is 313 g/mol. The molecule has 0 radical (unpaired) electrons. The first-order valence-corrected chi connectivity index (χ1v) is 8.39. The van der Waals surface area contributed by atoms with Gasteiger partial charge in [-0.25, -0.2) is 4.98 Å². The molecule has 0 spiro atoms. The number of amides is 1. The predicted octanol–water partition coefficient (Wildman–Crippen LogP) is 4.50. The zero-order valence-corrected chi connectivity index (χ0v) is 13.6. The number of fused-ring (bicyclic) bond motifs is 1. The summed E-state index contributed by atoms with van der Waals surface area (Å²) in [6.07, 6.45) is 4.59. The lowest BCUT2D eigenvalue weighted by Gasteiger charge is -2.05. The van der Waals surface area contributed by atoms with Crippen LogP contribution in [0.25, 0.3) is 16.2 Å². The topological polar surface area (TPSA) is 46.4 Å². The van der Waals surface area contributed by atoms with Crippen LogP contribution < -0.4 is 5.32 Å². The number of nitrogens with one attached hydrogen (secondary N) is 1. The van der Waals surface area contributed by atoms with Crippen LogP contribution in [0, 0.1) is 6.92 Å². The first-order chi connectivity index (χ1) is 10.7. The maximum atomic E-state index is 11.7. The van der Waals surface area contributed by atoms with E-state index in [-0.39, 0.29) is 5.91 Å². The molecular formula is C17H19N3OS. The molecule has 5 heteroatoms. The minimum atomic E-state index is 0.0766. The highest BCUT2D eigenvalue weighted by molar-refractivity contribution is 7.15. The molecule has 2 aromatic heterocycles. The van der Waals surface area contributed by atoms with Crippen LogP contribution in [-0.2, 0) is 4.79 Å². The summed E-state index contributed by atoms with van der Waals surface area (Å²) in [6.45, 7) is 4.16. The van der Waals surface area contributed by atoms with E-state index in [0.717, 1.165) is 34.7 Å². The van der Waals surface area contributed by atoms with E-state index in [9.17, 15) is 4.79 Å². The van der Waals surface area contributed by atoms with Crippen molar-refractivity contribution in [1.82, 2.24) is 9.38 Å². The number of aromatic nitrogens is 2. The van der Waals surface area contributed by atoms with Crippen molar-refractivity contribution in [2.75, 3.05) is 5.32 Å². The number of carbonyl (C=O) groups is 1. The van der Waals surface area contributed by atoms with Crippen LogP contribution in [0.3, 0.4) is 0 Å². The van der Waals surface area contributed by atoms with Gasteiger partial charge in [-0.2, -0.15) is 0 Å². The van der Waals surface area contributed by atoms with Gasteiger partial charge in [-0.1, -0.05) is 25.5 Å². The Balaban J connectivity index is 1.74. The second kappa shape index (κ2) is 6.32. The SMILES string of the molecule is CCCCC(=O)Nc1ccc(-c2cn3c(C)csc3n2)cc1. The Hall–Kier alpha value is -2.14. The standard InChI is InChI=1S/C17H19N3OS/c1-3-4-5-16(21)18-14-8-6-13(7-9-14)15-10-20-12(2)11-22-17(20)19-15/h6-11H,3-5H2,1-2H3,(H,18,21). The molecule has 0 saturated heterocycles. The minimum Gasteiger partial charge on any atom is -0.326 e. The van der Waals surface area contributed by atoms with Gasteiger partial charge in [-0.3, -0.25) is 9.20 Å². The molecule has 0 unspecified atom stereocenters. The number of hydrogen-bond donors (Lipinski definition) is 1. The molecule has 1 amide bonds. The Labute approximate surface area is 133 Å². The van der Waals surface area contributed by atoms with Crippen LogP contribution in [0.5, 0.6) is 0 Å². The fourth-order valence-corrected chi connectivity index (χ4v) is 3.17. The van der Waals surface area contributed by atoms with Gasteiger partial charge in [0.25, 0.3) is 0 Å². The molecular weight excluding hydrogens is 294 g/mol. The van der Waals surface area contributed by atoms with Crippen molar-refractivity contribution in [3.8, 4) is 11.3 Å². The smallest absolute Gasteiger partial charge is 0.224 e. The number of benzene rings is 1. The fourth-order valence-electron chi connectivity index (χ4n) is 2.32. The minimum absolute atomic E-state index is 0.0766. The van der Waals surface area contributed by atoms with Gasteiger partial charge in [0, 0.05) is 34.9 Å². The van der Waals surface area contributed by atoms with Gasteiger partial charge >= 0.3 is 0 Å². The fraction of sp³-hybridized carbons (Fsp3) is 0.294. The Bertz CT molecular complexity index is 786. The van der Waals surface area contributed by atoms with E-state index in [1.165, 1.54) is 5.69 Å². The van der Waals surface area contributed by atoms with Crippen LogP contribution in [-0.4, -0.2) is 15.3 Å². The number of carbonyl (C=O) groups excluding carboxylic acids is 1. The number of hydrogen-bond acceptors (Lipinski definition) is 3. The van der Waals surface area contributed by atoms with E-state index >= 15 is 0 Å². The molecule has 0 aliphatic heterocycles. The molecule has 4 nitrogen and oxygen atoms in total. The first-order valence-electron chi connectivity index (χ1n) is 7.51. The van der Waals surface area contributed by atoms with E-state index < -0.39 is 0 Å². The third-order valence-corrected chi connectivity index (χ3v) is 4.57. The van der Waals surface area contributed by atoms with E-state index in [1.807, 2.05) is 24.3 Å². The molecule has 0 fully saturated rings. The average Bonchev–Trinajstić information content (AvgIpc) is 3.08. The molecule has 0 saturated carbocycles. The number of anilines is 1. The van der Waals surface area contributed by atoms with E-state index in [2.05, 4.69) is 40.1 Å². The van der Waals surface area contributed by atoms with E-state index in [0.29, 0.717) is 6.42 Å². The highest BCUT2D eigenvalue weighted by Crippen LogP contribution is 2.24. The van der Waals surface area contributed by atoms with Crippen LogP contribution in [0.4, 0.5) is 5.69 Å². The van der Waals surface area contributed by atoms with Gasteiger partial charge in [0.2, 0.25) is 5.91 Å². The molecule has 1 aromatic carbocycles. The summed E-state index contributed by atoms with van der Waals surface area (Å²) in [4.78, 5) is 17.4. The largest absolute Gasteiger partial charge is 0.326 e. The zero-order valence-electron chi connectivity index (χ0n) is 12.8. The maximum Gasteiger partial charge on any atom is 0.224 e. The number of aryl methyl sites for hydroxylation is 1. The van der Waals surface area contributed by atoms with Gasteiger partial charge in [0.1, 0.15) is 0 Å². The maximum absolute atomic E-state index is 11.7. The number of nitrogens with zero attached hydrogens (tertiary/aromatic N) is 2. The third kappa shape index (κ3) is 3.04. The molecule has 0 aliphatic rings. The Kier molecular flexibility index (Phi) is 4.24. The lowest BCUT2D eigenvalue weighted by Crippen LogP contribution is -2.10. The predicted molar refractivity (Wildman–Crippen MR) is 91.4 cm³/mol. The number of unbranched alkanes of at least 4 members (excludes halogenated alkanes) is 1. The summed E-state index contributed by atoms with van der Waals surface area (Å²) >= 11 is 1.64. The second-order valence-corrected chi connectivity index (χ2v) is 6.22. The highest BCUT2D eigenvalue weighted by Gasteiger charge is 2.08. The number of thiazole rings is 1. The Morgan fingerprint density at radius 3 is 2.77 bits per heavy atom. The van der Waals surface area contributed by atoms with Crippen molar-refractivity contribution in [3.05, 3.63) is 41.5 Å². The summed E-state index contributed by atoms with van der Waals surface area (Å²) in [5, 5.41) is 5.02. The summed E-state index contributed by atoms with van der Waals surface area (Å²) in [7, 11) is 0. The third-order valence-electron chi connectivity index (χ3n) is 3.61. The van der Waals surface area contributed by atoms with Gasteiger partial charge in [0.05, 0.1) is 5.69 Å². The molecule has 2 heterocycles. The molecule has 1 N–H and O–H groups in total. The average molecular weight is 313 g/mol. The quantitative estimate of drug-likeness (QED) is 0.754. The van der Waals surface area contributed by atoms with E-state index in [4.69, 9.17) is 0 Å². The number of rotatable bonds is 5. The molecule has 3 rings (SSSR count). The molecule has 0 atom stereocenters. The van der Waals surface area contributed by atoms with Gasteiger partial charge in [-0.15, -0.1) is 11.3 Å². The zero-order chi connectivity index (χ0) is 15.5. The van der Waals surface area contributed by atoms with Crippen molar-refractivity contribution >= 4 is 27.9 Å². The van der Waals surface area contributed by atoms with Crippen LogP contribution in [0.15, 0.2) is 35.8 Å². The lowest BCUT2D eigenvalue weighted by atomic mass is 10.1. The molecule has 114 valence electrons. The molecule has 0 bridgehead atoms. The Morgan fingerprint density at radius 1 is 1.32 bits per heavy atom. The molecule has 22 heavy (non-hydrogen) atoms. The van der Waals surface area contributed by atoms with Crippen LogP contribution in [0.1, 0.15) is 31.9 Å². The van der Waals surface area contributed by atoms with Crippen molar-refractivity contribution in [2.45, 2.75) is 33.1 Å².